The lowest BCUT2D eigenvalue weighted by Crippen LogP contribution is -2.36. The number of benzene rings is 4. The molecule has 0 radical (unpaired) electrons. The number of thiazole rings is 1. The molecule has 0 saturated carbocycles. The summed E-state index contributed by atoms with van der Waals surface area (Å²) in [4.78, 5) is 9.33. The number of halogens is 1. The van der Waals surface area contributed by atoms with Gasteiger partial charge in [0.05, 0.1) is 28.8 Å². The molecule has 2 heterocycles. The SMILES string of the molecule is Fc1ccc2nc(NCc3cn(C(c4ccccc4)(c4ccccc4)c4ccccc4)cn3)sc2c1. The van der Waals surface area contributed by atoms with Crippen LogP contribution in [0.5, 0.6) is 0 Å². The molecule has 1 N–H and O–H groups in total. The standard InChI is InChI=1S/C30H23FN4S/c31-25-16-17-27-28(18-25)36-29(34-27)32-19-26-20-35(21-33-26)30(22-10-4-1-5-11-22,23-12-6-2-7-13-23)24-14-8-3-9-15-24/h1-18,20-21H,19H2,(H,32,34). The van der Waals surface area contributed by atoms with Gasteiger partial charge in [-0.05, 0) is 34.9 Å². The highest BCUT2D eigenvalue weighted by molar-refractivity contribution is 7.22. The van der Waals surface area contributed by atoms with Crippen molar-refractivity contribution >= 4 is 26.7 Å². The van der Waals surface area contributed by atoms with Crippen molar-refractivity contribution in [3.63, 3.8) is 0 Å². The van der Waals surface area contributed by atoms with Crippen LogP contribution in [-0.2, 0) is 12.1 Å². The predicted molar refractivity (Wildman–Crippen MR) is 144 cm³/mol. The van der Waals surface area contributed by atoms with E-state index < -0.39 is 5.54 Å². The Bertz CT molecular complexity index is 1500. The van der Waals surface area contributed by atoms with Crippen LogP contribution in [0.4, 0.5) is 9.52 Å². The van der Waals surface area contributed by atoms with Crippen LogP contribution in [0.25, 0.3) is 10.2 Å². The third-order valence-electron chi connectivity index (χ3n) is 6.37. The van der Waals surface area contributed by atoms with Gasteiger partial charge in [0.1, 0.15) is 11.4 Å². The van der Waals surface area contributed by atoms with Crippen molar-refractivity contribution in [2.45, 2.75) is 12.1 Å². The lowest BCUT2D eigenvalue weighted by atomic mass is 9.77. The van der Waals surface area contributed by atoms with Crippen molar-refractivity contribution in [2.24, 2.45) is 0 Å². The van der Waals surface area contributed by atoms with Crippen LogP contribution in [0.1, 0.15) is 22.4 Å². The fourth-order valence-electron chi connectivity index (χ4n) is 4.76. The van der Waals surface area contributed by atoms with Crippen LogP contribution < -0.4 is 5.32 Å². The first-order valence-electron chi connectivity index (χ1n) is 11.7. The van der Waals surface area contributed by atoms with Gasteiger partial charge in [-0.3, -0.25) is 0 Å². The van der Waals surface area contributed by atoms with E-state index >= 15 is 0 Å². The van der Waals surface area contributed by atoms with Crippen LogP contribution in [-0.4, -0.2) is 14.5 Å². The monoisotopic (exact) mass is 490 g/mol. The first-order chi connectivity index (χ1) is 17.7. The highest BCUT2D eigenvalue weighted by Gasteiger charge is 2.38. The Hall–Kier alpha value is -4.29. The smallest absolute Gasteiger partial charge is 0.184 e. The van der Waals surface area contributed by atoms with Gasteiger partial charge in [0, 0.05) is 6.20 Å². The zero-order valence-electron chi connectivity index (χ0n) is 19.4. The van der Waals surface area contributed by atoms with E-state index in [1.165, 1.54) is 23.5 Å². The highest BCUT2D eigenvalue weighted by atomic mass is 32.1. The maximum atomic E-state index is 13.6. The molecular formula is C30H23FN4S. The molecule has 0 fully saturated rings. The number of hydrogen-bond donors (Lipinski definition) is 1. The molecule has 0 amide bonds. The molecular weight excluding hydrogens is 467 g/mol. The van der Waals surface area contributed by atoms with E-state index in [1.54, 1.807) is 6.07 Å². The van der Waals surface area contributed by atoms with E-state index in [1.807, 2.05) is 24.5 Å². The molecule has 6 rings (SSSR count). The van der Waals surface area contributed by atoms with Crippen LogP contribution in [0.3, 0.4) is 0 Å². The van der Waals surface area contributed by atoms with E-state index in [0.29, 0.717) is 6.54 Å². The number of imidazole rings is 1. The fourth-order valence-corrected chi connectivity index (χ4v) is 5.65. The summed E-state index contributed by atoms with van der Waals surface area (Å²) in [6.45, 7) is 0.504. The predicted octanol–water partition coefficient (Wildman–Crippen LogP) is 7.08. The second-order valence-corrected chi connectivity index (χ2v) is 9.60. The Morgan fingerprint density at radius 1 is 0.778 bits per heavy atom. The molecule has 6 heteroatoms. The number of fused-ring (bicyclic) bond motifs is 1. The molecule has 0 aliphatic rings. The van der Waals surface area contributed by atoms with Gasteiger partial charge in [-0.2, -0.15) is 0 Å². The van der Waals surface area contributed by atoms with Gasteiger partial charge in [-0.25, -0.2) is 14.4 Å². The number of rotatable bonds is 7. The molecule has 4 aromatic carbocycles. The van der Waals surface area contributed by atoms with Crippen molar-refractivity contribution < 1.29 is 4.39 Å². The number of hydrogen-bond acceptors (Lipinski definition) is 4. The van der Waals surface area contributed by atoms with E-state index in [-0.39, 0.29) is 5.82 Å². The van der Waals surface area contributed by atoms with Gasteiger partial charge < -0.3 is 9.88 Å². The average molecular weight is 491 g/mol. The van der Waals surface area contributed by atoms with Crippen molar-refractivity contribution in [1.29, 1.82) is 0 Å². The van der Waals surface area contributed by atoms with Crippen LogP contribution >= 0.6 is 11.3 Å². The number of aromatic nitrogens is 3. The van der Waals surface area contributed by atoms with Crippen molar-refractivity contribution in [2.75, 3.05) is 5.32 Å². The van der Waals surface area contributed by atoms with E-state index in [2.05, 4.69) is 93.9 Å². The number of anilines is 1. The summed E-state index contributed by atoms with van der Waals surface area (Å²) in [6, 6.07) is 36.2. The van der Waals surface area contributed by atoms with Crippen molar-refractivity contribution in [3.8, 4) is 0 Å². The third-order valence-corrected chi connectivity index (χ3v) is 7.35. The van der Waals surface area contributed by atoms with Crippen LogP contribution in [0.15, 0.2) is 122 Å². The molecule has 0 aliphatic heterocycles. The van der Waals surface area contributed by atoms with Crippen LogP contribution in [0.2, 0.25) is 0 Å². The van der Waals surface area contributed by atoms with Gasteiger partial charge in [0.15, 0.2) is 5.13 Å². The Morgan fingerprint density at radius 2 is 1.36 bits per heavy atom. The highest BCUT2D eigenvalue weighted by Crippen LogP contribution is 2.40. The third kappa shape index (κ3) is 3.95. The Morgan fingerprint density at radius 3 is 1.94 bits per heavy atom. The first kappa shape index (κ1) is 22.2. The van der Waals surface area contributed by atoms with Crippen LogP contribution in [0, 0.1) is 5.82 Å². The summed E-state index contributed by atoms with van der Waals surface area (Å²) in [7, 11) is 0. The van der Waals surface area contributed by atoms with Gasteiger partial charge in [-0.15, -0.1) is 0 Å². The summed E-state index contributed by atoms with van der Waals surface area (Å²) in [5, 5.41) is 4.10. The average Bonchev–Trinajstić information content (AvgIpc) is 3.57. The second kappa shape index (κ2) is 9.40. The normalized spacial score (nSPS) is 11.6. The minimum absolute atomic E-state index is 0.254. The molecule has 4 nitrogen and oxygen atoms in total. The largest absolute Gasteiger partial charge is 0.356 e. The zero-order valence-corrected chi connectivity index (χ0v) is 20.2. The molecule has 0 spiro atoms. The molecule has 36 heavy (non-hydrogen) atoms. The molecule has 0 unspecified atom stereocenters. The van der Waals surface area contributed by atoms with Crippen molar-refractivity contribution in [1.82, 2.24) is 14.5 Å². The topological polar surface area (TPSA) is 42.7 Å². The molecule has 0 saturated heterocycles. The van der Waals surface area contributed by atoms with E-state index in [0.717, 1.165) is 37.7 Å². The van der Waals surface area contributed by atoms with Gasteiger partial charge in [0.2, 0.25) is 0 Å². The fraction of sp³-hybridized carbons (Fsp3) is 0.0667. The quantitative estimate of drug-likeness (QED) is 0.243. The van der Waals surface area contributed by atoms with Gasteiger partial charge >= 0.3 is 0 Å². The molecule has 2 aromatic heterocycles. The summed E-state index contributed by atoms with van der Waals surface area (Å²) in [5.41, 5.74) is 4.51. The Kier molecular flexibility index (Phi) is 5.79. The molecule has 0 atom stereocenters. The minimum atomic E-state index is -0.595. The van der Waals surface area contributed by atoms with Crippen molar-refractivity contribution in [3.05, 3.63) is 150 Å². The number of nitrogens with zero attached hydrogens (tertiary/aromatic N) is 3. The first-order valence-corrected chi connectivity index (χ1v) is 12.5. The zero-order chi connectivity index (χ0) is 24.4. The summed E-state index contributed by atoms with van der Waals surface area (Å²) in [5.74, 6) is -0.254. The molecule has 6 aromatic rings. The minimum Gasteiger partial charge on any atom is -0.356 e. The molecule has 176 valence electrons. The second-order valence-electron chi connectivity index (χ2n) is 8.57. The van der Waals surface area contributed by atoms with Gasteiger partial charge in [0.25, 0.3) is 0 Å². The maximum absolute atomic E-state index is 13.6. The maximum Gasteiger partial charge on any atom is 0.184 e. The molecule has 0 bridgehead atoms. The van der Waals surface area contributed by atoms with E-state index in [4.69, 9.17) is 4.98 Å². The Balaban J connectivity index is 1.42. The lowest BCUT2D eigenvalue weighted by molar-refractivity contribution is 0.514. The lowest BCUT2D eigenvalue weighted by Gasteiger charge is -2.37. The van der Waals surface area contributed by atoms with Gasteiger partial charge in [-0.1, -0.05) is 102 Å². The summed E-state index contributed by atoms with van der Waals surface area (Å²) in [6.07, 6.45) is 3.99. The number of nitrogens with one attached hydrogen (secondary N) is 1. The molecule has 0 aliphatic carbocycles. The summed E-state index contributed by atoms with van der Waals surface area (Å²) < 4.78 is 16.6. The summed E-state index contributed by atoms with van der Waals surface area (Å²) >= 11 is 1.44. The Labute approximate surface area is 212 Å². The van der Waals surface area contributed by atoms with E-state index in [9.17, 15) is 4.39 Å².